The van der Waals surface area contributed by atoms with Gasteiger partial charge in [-0.25, -0.2) is 18.9 Å². The zero-order chi connectivity index (χ0) is 19.5. The van der Waals surface area contributed by atoms with E-state index in [-0.39, 0.29) is 18.1 Å². The normalized spacial score (nSPS) is 14.8. The minimum Gasteiger partial charge on any atom is -0.353 e. The minimum absolute atomic E-state index is 0.188. The first-order chi connectivity index (χ1) is 13.6. The maximum atomic E-state index is 12.7. The molecule has 146 valence electrons. The third-order valence-electron chi connectivity index (χ3n) is 4.79. The summed E-state index contributed by atoms with van der Waals surface area (Å²) in [5.74, 6) is 0.340. The lowest BCUT2D eigenvalue weighted by molar-refractivity contribution is -0.117. The van der Waals surface area contributed by atoms with Crippen LogP contribution >= 0.6 is 11.6 Å². The highest BCUT2D eigenvalue weighted by Gasteiger charge is 2.19. The van der Waals surface area contributed by atoms with Crippen LogP contribution in [-0.2, 0) is 11.3 Å². The average molecular weight is 401 g/mol. The van der Waals surface area contributed by atoms with E-state index in [0.29, 0.717) is 22.2 Å². The molecule has 1 saturated heterocycles. The van der Waals surface area contributed by atoms with E-state index in [4.69, 9.17) is 11.6 Å². The molecule has 28 heavy (non-hydrogen) atoms. The van der Waals surface area contributed by atoms with Crippen molar-refractivity contribution in [2.45, 2.75) is 32.2 Å². The average Bonchev–Trinajstić information content (AvgIpc) is 2.86. The maximum Gasteiger partial charge on any atom is 0.350 e. The summed E-state index contributed by atoms with van der Waals surface area (Å²) in [6.45, 7) is 1.60. The molecule has 1 amide bonds. The van der Waals surface area contributed by atoms with Crippen molar-refractivity contribution in [3.05, 3.63) is 52.2 Å². The lowest BCUT2D eigenvalue weighted by Crippen LogP contribution is -2.28. The summed E-state index contributed by atoms with van der Waals surface area (Å²) >= 11 is 5.94. The van der Waals surface area contributed by atoms with Crippen LogP contribution < -0.4 is 15.9 Å². The number of anilines is 2. The minimum atomic E-state index is -0.366. The monoisotopic (exact) mass is 400 g/mol. The van der Waals surface area contributed by atoms with Crippen LogP contribution in [0.4, 0.5) is 11.5 Å². The van der Waals surface area contributed by atoms with E-state index < -0.39 is 0 Å². The van der Waals surface area contributed by atoms with E-state index in [1.165, 1.54) is 17.2 Å². The molecular formula is C19H21ClN6O2. The summed E-state index contributed by atoms with van der Waals surface area (Å²) in [5, 5.41) is 7.65. The number of amides is 1. The molecule has 0 aliphatic carbocycles. The number of carbonyl (C=O) groups excluding carboxylic acids is 1. The van der Waals surface area contributed by atoms with Crippen LogP contribution in [0.1, 0.15) is 25.7 Å². The number of nitrogens with zero attached hydrogens (tertiary/aromatic N) is 5. The summed E-state index contributed by atoms with van der Waals surface area (Å²) in [5.41, 5.74) is 0.681. The number of hydrogen-bond donors (Lipinski definition) is 1. The van der Waals surface area contributed by atoms with Gasteiger partial charge >= 0.3 is 5.69 Å². The molecule has 3 heterocycles. The number of carbonyl (C=O) groups is 1. The fourth-order valence-corrected chi connectivity index (χ4v) is 3.64. The molecule has 1 aliphatic heterocycles. The Morgan fingerprint density at radius 3 is 2.71 bits per heavy atom. The molecule has 1 aromatic carbocycles. The SMILES string of the molecule is O=C(Cn1nc2c(N3CCCCCC3)nccn2c1=O)Nc1cccc(Cl)c1. The van der Waals surface area contributed by atoms with Crippen molar-refractivity contribution in [2.75, 3.05) is 23.3 Å². The second-order valence-electron chi connectivity index (χ2n) is 6.84. The van der Waals surface area contributed by atoms with Gasteiger partial charge in [-0.15, -0.1) is 5.10 Å². The van der Waals surface area contributed by atoms with Gasteiger partial charge in [0.05, 0.1) is 0 Å². The van der Waals surface area contributed by atoms with Gasteiger partial charge in [0.15, 0.2) is 5.82 Å². The van der Waals surface area contributed by atoms with E-state index in [2.05, 4.69) is 20.3 Å². The highest BCUT2D eigenvalue weighted by molar-refractivity contribution is 6.30. The molecule has 0 unspecified atom stereocenters. The fraction of sp³-hybridized carbons (Fsp3) is 0.368. The number of hydrogen-bond acceptors (Lipinski definition) is 5. The predicted octanol–water partition coefficient (Wildman–Crippen LogP) is 2.56. The van der Waals surface area contributed by atoms with E-state index >= 15 is 0 Å². The number of fused-ring (bicyclic) bond motifs is 1. The van der Waals surface area contributed by atoms with Crippen LogP contribution in [0.15, 0.2) is 41.5 Å². The standard InChI is InChI=1S/C19H21ClN6O2/c20-14-6-5-7-15(12-14)22-16(27)13-26-19(28)25-11-8-21-17(18(25)23-26)24-9-3-1-2-4-10-24/h5-8,11-12H,1-4,9-10,13H2,(H,22,27). The summed E-state index contributed by atoms with van der Waals surface area (Å²) in [6, 6.07) is 6.85. The van der Waals surface area contributed by atoms with Gasteiger partial charge < -0.3 is 10.2 Å². The molecule has 3 aromatic rings. The smallest absolute Gasteiger partial charge is 0.350 e. The van der Waals surface area contributed by atoms with Gasteiger partial charge in [0, 0.05) is 36.2 Å². The third-order valence-corrected chi connectivity index (χ3v) is 5.03. The van der Waals surface area contributed by atoms with Crippen molar-refractivity contribution in [2.24, 2.45) is 0 Å². The van der Waals surface area contributed by atoms with Crippen molar-refractivity contribution >= 4 is 34.7 Å². The van der Waals surface area contributed by atoms with Crippen LogP contribution in [0.3, 0.4) is 0 Å². The topological polar surface area (TPSA) is 84.5 Å². The van der Waals surface area contributed by atoms with Crippen molar-refractivity contribution in [1.29, 1.82) is 0 Å². The Bertz CT molecular complexity index is 1050. The van der Waals surface area contributed by atoms with Crippen molar-refractivity contribution < 1.29 is 4.79 Å². The molecule has 1 aliphatic rings. The van der Waals surface area contributed by atoms with Gasteiger partial charge in [0.1, 0.15) is 6.54 Å². The van der Waals surface area contributed by atoms with Crippen molar-refractivity contribution in [3.8, 4) is 0 Å². The molecule has 0 radical (unpaired) electrons. The summed E-state index contributed by atoms with van der Waals surface area (Å²) in [4.78, 5) is 31.7. The quantitative estimate of drug-likeness (QED) is 0.727. The summed E-state index contributed by atoms with van der Waals surface area (Å²) in [7, 11) is 0. The van der Waals surface area contributed by atoms with E-state index in [1.54, 1.807) is 36.7 Å². The summed E-state index contributed by atoms with van der Waals surface area (Å²) < 4.78 is 2.61. The van der Waals surface area contributed by atoms with Gasteiger partial charge in [-0.2, -0.15) is 0 Å². The second kappa shape index (κ2) is 8.02. The lowest BCUT2D eigenvalue weighted by atomic mass is 10.2. The second-order valence-corrected chi connectivity index (χ2v) is 7.28. The Morgan fingerprint density at radius 2 is 1.96 bits per heavy atom. The van der Waals surface area contributed by atoms with Crippen LogP contribution in [-0.4, -0.2) is 38.2 Å². The zero-order valence-electron chi connectivity index (χ0n) is 15.3. The first kappa shape index (κ1) is 18.5. The predicted molar refractivity (Wildman–Crippen MR) is 108 cm³/mol. The molecule has 9 heteroatoms. The fourth-order valence-electron chi connectivity index (χ4n) is 3.45. The number of rotatable bonds is 4. The van der Waals surface area contributed by atoms with E-state index in [0.717, 1.165) is 30.6 Å². The molecule has 0 spiro atoms. The van der Waals surface area contributed by atoms with E-state index in [9.17, 15) is 9.59 Å². The van der Waals surface area contributed by atoms with Crippen LogP contribution in [0.2, 0.25) is 5.02 Å². The first-order valence-corrected chi connectivity index (χ1v) is 9.74. The van der Waals surface area contributed by atoms with Crippen LogP contribution in [0.25, 0.3) is 5.65 Å². The van der Waals surface area contributed by atoms with Crippen LogP contribution in [0, 0.1) is 0 Å². The highest BCUT2D eigenvalue weighted by atomic mass is 35.5. The van der Waals surface area contributed by atoms with Gasteiger partial charge in [-0.05, 0) is 31.0 Å². The maximum absolute atomic E-state index is 12.7. The number of nitrogens with one attached hydrogen (secondary N) is 1. The molecule has 1 N–H and O–H groups in total. The van der Waals surface area contributed by atoms with Crippen molar-refractivity contribution in [3.63, 3.8) is 0 Å². The third kappa shape index (κ3) is 3.87. The lowest BCUT2D eigenvalue weighted by Gasteiger charge is -2.20. The van der Waals surface area contributed by atoms with Gasteiger partial charge in [-0.3, -0.25) is 4.79 Å². The Morgan fingerprint density at radius 1 is 1.18 bits per heavy atom. The van der Waals surface area contributed by atoms with E-state index in [1.807, 2.05) is 0 Å². The van der Waals surface area contributed by atoms with Crippen molar-refractivity contribution in [1.82, 2.24) is 19.2 Å². The van der Waals surface area contributed by atoms with Crippen LogP contribution in [0.5, 0.6) is 0 Å². The number of halogens is 1. The van der Waals surface area contributed by atoms with Gasteiger partial charge in [0.25, 0.3) is 0 Å². The molecule has 8 nitrogen and oxygen atoms in total. The molecule has 0 bridgehead atoms. The number of benzene rings is 1. The Hall–Kier alpha value is -2.87. The highest BCUT2D eigenvalue weighted by Crippen LogP contribution is 2.20. The Kier molecular flexibility index (Phi) is 5.29. The molecule has 1 fully saturated rings. The number of aromatic nitrogens is 4. The Balaban J connectivity index is 1.59. The largest absolute Gasteiger partial charge is 0.353 e. The molecule has 2 aromatic heterocycles. The van der Waals surface area contributed by atoms with Gasteiger partial charge in [0.2, 0.25) is 11.6 Å². The first-order valence-electron chi connectivity index (χ1n) is 9.36. The zero-order valence-corrected chi connectivity index (χ0v) is 16.1. The Labute approximate surface area is 166 Å². The molecule has 0 saturated carbocycles. The molecule has 0 atom stereocenters. The molecule has 4 rings (SSSR count). The molecular weight excluding hydrogens is 380 g/mol. The summed E-state index contributed by atoms with van der Waals surface area (Å²) in [6.07, 6.45) is 7.77. The van der Waals surface area contributed by atoms with Gasteiger partial charge in [-0.1, -0.05) is 30.5 Å².